The zero-order valence-corrected chi connectivity index (χ0v) is 16.2. The molecule has 27 heavy (non-hydrogen) atoms. The van der Waals surface area contributed by atoms with Crippen molar-refractivity contribution in [2.24, 2.45) is 0 Å². The van der Waals surface area contributed by atoms with Crippen LogP contribution in [0.4, 0.5) is 0 Å². The Hall–Kier alpha value is -1.99. The molecule has 7 heteroatoms. The average molecular weight is 374 g/mol. The first-order chi connectivity index (χ1) is 13.2. The molecule has 2 saturated heterocycles. The second-order valence-corrected chi connectivity index (χ2v) is 7.20. The molecule has 0 aliphatic carbocycles. The standard InChI is InChI=1S/C20H30N4O3/c1-2-17-5-3-4-9-24(17)20(26)18-15-16(6-7-21-18)19(25)22-8-10-23-11-13-27-14-12-23/h6-7,15,17H,2-5,8-14H2,1H3,(H,22,25). The molecule has 1 N–H and O–H groups in total. The van der Waals surface area contributed by atoms with Crippen LogP contribution in [0.2, 0.25) is 0 Å². The van der Waals surface area contributed by atoms with E-state index in [1.165, 1.54) is 6.42 Å². The van der Waals surface area contributed by atoms with Crippen LogP contribution in [0, 0.1) is 0 Å². The summed E-state index contributed by atoms with van der Waals surface area (Å²) < 4.78 is 5.33. The molecule has 1 atom stereocenters. The highest BCUT2D eigenvalue weighted by molar-refractivity contribution is 5.98. The van der Waals surface area contributed by atoms with Gasteiger partial charge >= 0.3 is 0 Å². The molecule has 0 bridgehead atoms. The third kappa shape index (κ3) is 5.26. The Labute approximate surface area is 161 Å². The van der Waals surface area contributed by atoms with Crippen molar-refractivity contribution >= 4 is 11.8 Å². The van der Waals surface area contributed by atoms with Crippen LogP contribution in [-0.2, 0) is 4.74 Å². The number of aromatic nitrogens is 1. The molecule has 0 radical (unpaired) electrons. The molecule has 1 aromatic rings. The van der Waals surface area contributed by atoms with Crippen molar-refractivity contribution in [1.29, 1.82) is 0 Å². The predicted octanol–water partition coefficient (Wildman–Crippen LogP) is 1.55. The average Bonchev–Trinajstić information content (AvgIpc) is 2.74. The number of likely N-dealkylation sites (tertiary alicyclic amines) is 1. The number of rotatable bonds is 6. The fourth-order valence-corrected chi connectivity index (χ4v) is 3.78. The van der Waals surface area contributed by atoms with Gasteiger partial charge < -0.3 is 15.0 Å². The van der Waals surface area contributed by atoms with Gasteiger partial charge in [-0.25, -0.2) is 0 Å². The smallest absolute Gasteiger partial charge is 0.272 e. The van der Waals surface area contributed by atoms with Gasteiger partial charge in [-0.3, -0.25) is 19.5 Å². The Bertz CT molecular complexity index is 646. The van der Waals surface area contributed by atoms with E-state index in [9.17, 15) is 9.59 Å². The van der Waals surface area contributed by atoms with Crippen molar-refractivity contribution in [3.05, 3.63) is 29.6 Å². The monoisotopic (exact) mass is 374 g/mol. The molecule has 3 heterocycles. The Morgan fingerprint density at radius 3 is 2.85 bits per heavy atom. The number of hydrogen-bond acceptors (Lipinski definition) is 5. The molecular formula is C20H30N4O3. The molecule has 1 aromatic heterocycles. The van der Waals surface area contributed by atoms with Gasteiger partial charge in [-0.2, -0.15) is 0 Å². The number of morpholine rings is 1. The molecule has 3 rings (SSSR count). The normalized spacial score (nSPS) is 21.1. The lowest BCUT2D eigenvalue weighted by molar-refractivity contribution is 0.0383. The van der Waals surface area contributed by atoms with Gasteiger partial charge in [0.05, 0.1) is 13.2 Å². The summed E-state index contributed by atoms with van der Waals surface area (Å²) in [5.41, 5.74) is 0.844. The zero-order chi connectivity index (χ0) is 19.1. The lowest BCUT2D eigenvalue weighted by atomic mass is 9.99. The number of amides is 2. The highest BCUT2D eigenvalue weighted by atomic mass is 16.5. The minimum atomic E-state index is -0.162. The van der Waals surface area contributed by atoms with Crippen molar-refractivity contribution < 1.29 is 14.3 Å². The third-order valence-corrected chi connectivity index (χ3v) is 5.42. The van der Waals surface area contributed by atoms with E-state index in [-0.39, 0.29) is 17.9 Å². The molecule has 7 nitrogen and oxygen atoms in total. The number of hydrogen-bond donors (Lipinski definition) is 1. The van der Waals surface area contributed by atoms with E-state index in [2.05, 4.69) is 22.1 Å². The second kappa shape index (κ2) is 9.80. The summed E-state index contributed by atoms with van der Waals surface area (Å²) in [6.07, 6.45) is 5.75. The lowest BCUT2D eigenvalue weighted by Crippen LogP contribution is -2.43. The fourth-order valence-electron chi connectivity index (χ4n) is 3.78. The number of nitrogens with zero attached hydrogens (tertiary/aromatic N) is 3. The molecule has 148 valence electrons. The maximum absolute atomic E-state index is 12.9. The van der Waals surface area contributed by atoms with Crippen LogP contribution in [0.5, 0.6) is 0 Å². The van der Waals surface area contributed by atoms with Gasteiger partial charge in [-0.1, -0.05) is 6.92 Å². The van der Waals surface area contributed by atoms with Gasteiger partial charge in [0.25, 0.3) is 11.8 Å². The molecule has 0 aromatic carbocycles. The van der Waals surface area contributed by atoms with Crippen molar-refractivity contribution in [1.82, 2.24) is 20.1 Å². The first-order valence-electron chi connectivity index (χ1n) is 10.0. The predicted molar refractivity (Wildman–Crippen MR) is 103 cm³/mol. The minimum absolute atomic E-state index is 0.0653. The number of ether oxygens (including phenoxy) is 1. The molecule has 2 aliphatic rings. The van der Waals surface area contributed by atoms with Crippen molar-refractivity contribution in [2.45, 2.75) is 38.6 Å². The van der Waals surface area contributed by atoms with Crippen LogP contribution in [0.1, 0.15) is 53.5 Å². The lowest BCUT2D eigenvalue weighted by Gasteiger charge is -2.35. The van der Waals surface area contributed by atoms with Gasteiger partial charge in [-0.05, 0) is 37.8 Å². The molecule has 2 amide bonds. The van der Waals surface area contributed by atoms with E-state index in [4.69, 9.17) is 4.74 Å². The van der Waals surface area contributed by atoms with Gasteiger partial charge in [-0.15, -0.1) is 0 Å². The van der Waals surface area contributed by atoms with Crippen LogP contribution in [0.15, 0.2) is 18.3 Å². The molecule has 0 saturated carbocycles. The second-order valence-electron chi connectivity index (χ2n) is 7.20. The quantitative estimate of drug-likeness (QED) is 0.818. The minimum Gasteiger partial charge on any atom is -0.379 e. The van der Waals surface area contributed by atoms with E-state index in [1.54, 1.807) is 18.3 Å². The van der Waals surface area contributed by atoms with Crippen LogP contribution in [-0.4, -0.2) is 78.6 Å². The summed E-state index contributed by atoms with van der Waals surface area (Å²) in [7, 11) is 0. The van der Waals surface area contributed by atoms with E-state index in [0.29, 0.717) is 17.8 Å². The first kappa shape index (κ1) is 19.8. The molecule has 1 unspecified atom stereocenters. The Balaban J connectivity index is 1.57. The summed E-state index contributed by atoms with van der Waals surface area (Å²) >= 11 is 0. The summed E-state index contributed by atoms with van der Waals surface area (Å²) in [5, 5.41) is 2.94. The van der Waals surface area contributed by atoms with Crippen molar-refractivity contribution in [3.63, 3.8) is 0 Å². The van der Waals surface area contributed by atoms with Crippen molar-refractivity contribution in [2.75, 3.05) is 45.9 Å². The Morgan fingerprint density at radius 2 is 2.07 bits per heavy atom. The summed E-state index contributed by atoms with van der Waals surface area (Å²) in [6.45, 7) is 7.57. The summed E-state index contributed by atoms with van der Waals surface area (Å²) in [6, 6.07) is 3.56. The maximum atomic E-state index is 12.9. The number of piperidine rings is 1. The molecule has 2 fully saturated rings. The van der Waals surface area contributed by atoms with E-state index >= 15 is 0 Å². The number of carbonyl (C=O) groups is 2. The Morgan fingerprint density at radius 1 is 1.26 bits per heavy atom. The Kier molecular flexibility index (Phi) is 7.18. The van der Waals surface area contributed by atoms with Crippen LogP contribution < -0.4 is 5.32 Å². The largest absolute Gasteiger partial charge is 0.379 e. The zero-order valence-electron chi connectivity index (χ0n) is 16.2. The van der Waals surface area contributed by atoms with Crippen LogP contribution >= 0.6 is 0 Å². The summed E-state index contributed by atoms with van der Waals surface area (Å²) in [5.74, 6) is -0.227. The number of carbonyl (C=O) groups excluding carboxylic acids is 2. The van der Waals surface area contributed by atoms with Gasteiger partial charge in [0, 0.05) is 50.5 Å². The van der Waals surface area contributed by atoms with Gasteiger partial charge in [0.2, 0.25) is 0 Å². The first-order valence-corrected chi connectivity index (χ1v) is 10.0. The van der Waals surface area contributed by atoms with E-state index in [1.807, 2.05) is 4.90 Å². The maximum Gasteiger partial charge on any atom is 0.272 e. The highest BCUT2D eigenvalue weighted by Crippen LogP contribution is 2.21. The summed E-state index contributed by atoms with van der Waals surface area (Å²) in [4.78, 5) is 33.7. The number of nitrogens with one attached hydrogen (secondary N) is 1. The molecule has 0 spiro atoms. The fraction of sp³-hybridized carbons (Fsp3) is 0.650. The molecule has 2 aliphatic heterocycles. The van der Waals surface area contributed by atoms with Crippen LogP contribution in [0.25, 0.3) is 0 Å². The SMILES string of the molecule is CCC1CCCCN1C(=O)c1cc(C(=O)NCCN2CCOCC2)ccn1. The van der Waals surface area contributed by atoms with Gasteiger partial charge in [0.1, 0.15) is 5.69 Å². The van der Waals surface area contributed by atoms with Gasteiger partial charge in [0.15, 0.2) is 0 Å². The third-order valence-electron chi connectivity index (χ3n) is 5.42. The van der Waals surface area contributed by atoms with E-state index in [0.717, 1.165) is 58.7 Å². The topological polar surface area (TPSA) is 74.8 Å². The highest BCUT2D eigenvalue weighted by Gasteiger charge is 2.27. The van der Waals surface area contributed by atoms with Crippen molar-refractivity contribution in [3.8, 4) is 0 Å². The van der Waals surface area contributed by atoms with E-state index < -0.39 is 0 Å². The van der Waals surface area contributed by atoms with Crippen LogP contribution in [0.3, 0.4) is 0 Å². The number of pyridine rings is 1. The molecular weight excluding hydrogens is 344 g/mol.